The van der Waals surface area contributed by atoms with E-state index in [1.54, 1.807) is 18.0 Å². The number of fused-ring (bicyclic) bond motifs is 1. The SMILES string of the molecule is COc1ccc(OCC(=O)N(C)C2CCCc3ccccc32)c([N+](=O)[O-])c1. The molecule has 1 aliphatic rings. The van der Waals surface area contributed by atoms with Gasteiger partial charge in [-0.1, -0.05) is 24.3 Å². The largest absolute Gasteiger partial charge is 0.496 e. The summed E-state index contributed by atoms with van der Waals surface area (Å²) in [5, 5.41) is 11.2. The Morgan fingerprint density at radius 1 is 1.30 bits per heavy atom. The monoisotopic (exact) mass is 370 g/mol. The van der Waals surface area contributed by atoms with E-state index in [0.717, 1.165) is 24.8 Å². The fourth-order valence-electron chi connectivity index (χ4n) is 3.43. The third-order valence-corrected chi connectivity index (χ3v) is 4.91. The third kappa shape index (κ3) is 4.02. The van der Waals surface area contributed by atoms with Crippen LogP contribution in [0, 0.1) is 10.1 Å². The lowest BCUT2D eigenvalue weighted by atomic mass is 9.87. The van der Waals surface area contributed by atoms with Crippen LogP contribution in [0.3, 0.4) is 0 Å². The van der Waals surface area contributed by atoms with Crippen molar-refractivity contribution in [3.8, 4) is 11.5 Å². The van der Waals surface area contributed by atoms with Gasteiger partial charge < -0.3 is 14.4 Å². The first-order valence-corrected chi connectivity index (χ1v) is 8.80. The molecular weight excluding hydrogens is 348 g/mol. The Balaban J connectivity index is 1.71. The highest BCUT2D eigenvalue weighted by Crippen LogP contribution is 2.34. The molecular formula is C20H22N2O5. The minimum Gasteiger partial charge on any atom is -0.496 e. The first-order chi connectivity index (χ1) is 13.0. The summed E-state index contributed by atoms with van der Waals surface area (Å²) in [5.41, 5.74) is 2.20. The molecule has 0 aromatic heterocycles. The van der Waals surface area contributed by atoms with Crippen molar-refractivity contribution >= 4 is 11.6 Å². The summed E-state index contributed by atoms with van der Waals surface area (Å²) in [5.74, 6) is 0.185. The smallest absolute Gasteiger partial charge is 0.314 e. The highest BCUT2D eigenvalue weighted by atomic mass is 16.6. The molecule has 142 valence electrons. The van der Waals surface area contributed by atoms with E-state index in [-0.39, 0.29) is 30.0 Å². The van der Waals surface area contributed by atoms with Crippen molar-refractivity contribution in [2.24, 2.45) is 0 Å². The van der Waals surface area contributed by atoms with Gasteiger partial charge in [-0.2, -0.15) is 0 Å². The topological polar surface area (TPSA) is 81.9 Å². The Labute approximate surface area is 157 Å². The molecule has 0 spiro atoms. The summed E-state index contributed by atoms with van der Waals surface area (Å²) >= 11 is 0. The third-order valence-electron chi connectivity index (χ3n) is 4.91. The molecule has 0 bridgehead atoms. The standard InChI is InChI=1S/C20H22N2O5/c1-21(17-9-5-7-14-6-3-4-8-16(14)17)20(23)13-27-19-11-10-15(26-2)12-18(19)22(24)25/h3-4,6,8,10-12,17H,5,7,9,13H2,1-2H3. The van der Waals surface area contributed by atoms with Gasteiger partial charge in [-0.15, -0.1) is 0 Å². The number of nitrogens with zero attached hydrogens (tertiary/aromatic N) is 2. The van der Waals surface area contributed by atoms with Crippen LogP contribution in [0.2, 0.25) is 0 Å². The molecule has 0 fully saturated rings. The van der Waals surface area contributed by atoms with E-state index in [2.05, 4.69) is 12.1 Å². The number of nitro groups is 1. The highest BCUT2D eigenvalue weighted by Gasteiger charge is 2.27. The molecule has 7 heteroatoms. The van der Waals surface area contributed by atoms with Crippen LogP contribution in [-0.2, 0) is 11.2 Å². The van der Waals surface area contributed by atoms with Crippen molar-refractivity contribution < 1.29 is 19.2 Å². The van der Waals surface area contributed by atoms with Crippen molar-refractivity contribution in [3.63, 3.8) is 0 Å². The van der Waals surface area contributed by atoms with Gasteiger partial charge in [-0.25, -0.2) is 0 Å². The summed E-state index contributed by atoms with van der Waals surface area (Å²) in [6, 6.07) is 12.4. The van der Waals surface area contributed by atoms with E-state index >= 15 is 0 Å². The molecule has 1 unspecified atom stereocenters. The quantitative estimate of drug-likeness (QED) is 0.574. The molecule has 0 aliphatic heterocycles. The van der Waals surface area contributed by atoms with Gasteiger partial charge in [0.05, 0.1) is 24.1 Å². The van der Waals surface area contributed by atoms with Gasteiger partial charge in [-0.3, -0.25) is 14.9 Å². The molecule has 0 saturated carbocycles. The fourth-order valence-corrected chi connectivity index (χ4v) is 3.43. The van der Waals surface area contributed by atoms with E-state index in [0.29, 0.717) is 5.75 Å². The number of methoxy groups -OCH3 is 1. The average Bonchev–Trinajstić information content (AvgIpc) is 2.70. The number of rotatable bonds is 6. The lowest BCUT2D eigenvalue weighted by molar-refractivity contribution is -0.385. The van der Waals surface area contributed by atoms with Crippen LogP contribution in [0.4, 0.5) is 5.69 Å². The Morgan fingerprint density at radius 3 is 2.81 bits per heavy atom. The molecule has 1 aliphatic carbocycles. The molecule has 0 saturated heterocycles. The number of hydrogen-bond donors (Lipinski definition) is 0. The Kier molecular flexibility index (Phi) is 5.59. The summed E-state index contributed by atoms with van der Waals surface area (Å²) in [4.78, 5) is 25.0. The molecule has 0 radical (unpaired) electrons. The zero-order valence-corrected chi connectivity index (χ0v) is 15.4. The second kappa shape index (κ2) is 8.07. The summed E-state index contributed by atoms with van der Waals surface area (Å²) in [6.07, 6.45) is 2.93. The van der Waals surface area contributed by atoms with Gasteiger partial charge >= 0.3 is 5.69 Å². The van der Waals surface area contributed by atoms with E-state index < -0.39 is 4.92 Å². The number of aryl methyl sites for hydroxylation is 1. The molecule has 7 nitrogen and oxygen atoms in total. The van der Waals surface area contributed by atoms with Gasteiger partial charge in [0.1, 0.15) is 5.75 Å². The second-order valence-electron chi connectivity index (χ2n) is 6.49. The van der Waals surface area contributed by atoms with E-state index in [1.165, 1.54) is 24.8 Å². The minimum absolute atomic E-state index is 0.00287. The number of ether oxygens (including phenoxy) is 2. The first kappa shape index (κ1) is 18.7. The molecule has 3 rings (SSSR count). The predicted molar refractivity (Wildman–Crippen MR) is 100 cm³/mol. The average molecular weight is 370 g/mol. The van der Waals surface area contributed by atoms with E-state index in [4.69, 9.17) is 9.47 Å². The van der Waals surface area contributed by atoms with Crippen molar-refractivity contribution in [2.45, 2.75) is 25.3 Å². The highest BCUT2D eigenvalue weighted by molar-refractivity contribution is 5.78. The second-order valence-corrected chi connectivity index (χ2v) is 6.49. The van der Waals surface area contributed by atoms with E-state index in [9.17, 15) is 14.9 Å². The van der Waals surface area contributed by atoms with Crippen LogP contribution in [0.1, 0.15) is 30.0 Å². The number of carbonyl (C=O) groups is 1. The lowest BCUT2D eigenvalue weighted by Gasteiger charge is -2.33. The minimum atomic E-state index is -0.552. The number of hydrogen-bond acceptors (Lipinski definition) is 5. The van der Waals surface area contributed by atoms with Crippen molar-refractivity contribution in [1.82, 2.24) is 4.90 Å². The van der Waals surface area contributed by atoms with Crippen LogP contribution >= 0.6 is 0 Å². The Morgan fingerprint density at radius 2 is 2.07 bits per heavy atom. The van der Waals surface area contributed by atoms with Crippen LogP contribution in [0.25, 0.3) is 0 Å². The molecule has 2 aromatic rings. The van der Waals surface area contributed by atoms with Crippen LogP contribution in [0.5, 0.6) is 11.5 Å². The molecule has 0 heterocycles. The maximum absolute atomic E-state index is 12.6. The molecule has 1 amide bonds. The molecule has 2 aromatic carbocycles. The number of likely N-dealkylation sites (N-methyl/N-ethyl adjacent to an activating group) is 1. The Hall–Kier alpha value is -3.09. The van der Waals surface area contributed by atoms with Gasteiger partial charge in [-0.05, 0) is 42.5 Å². The lowest BCUT2D eigenvalue weighted by Crippen LogP contribution is -2.36. The van der Waals surface area contributed by atoms with Gasteiger partial charge in [0, 0.05) is 7.05 Å². The van der Waals surface area contributed by atoms with Crippen molar-refractivity contribution in [1.29, 1.82) is 0 Å². The number of nitro benzene ring substituents is 1. The zero-order chi connectivity index (χ0) is 19.4. The van der Waals surface area contributed by atoms with Crippen molar-refractivity contribution in [2.75, 3.05) is 20.8 Å². The number of amides is 1. The van der Waals surface area contributed by atoms with Crippen molar-refractivity contribution in [3.05, 3.63) is 63.7 Å². The van der Waals surface area contributed by atoms with Gasteiger partial charge in [0.2, 0.25) is 0 Å². The zero-order valence-electron chi connectivity index (χ0n) is 15.4. The summed E-state index contributed by atoms with van der Waals surface area (Å²) < 4.78 is 10.5. The molecule has 27 heavy (non-hydrogen) atoms. The molecule has 0 N–H and O–H groups in total. The Bertz CT molecular complexity index is 852. The summed E-state index contributed by atoms with van der Waals surface area (Å²) in [6.45, 7) is -0.262. The van der Waals surface area contributed by atoms with Crippen LogP contribution in [0.15, 0.2) is 42.5 Å². The molecule has 1 atom stereocenters. The number of carbonyl (C=O) groups excluding carboxylic acids is 1. The first-order valence-electron chi connectivity index (χ1n) is 8.80. The van der Waals surface area contributed by atoms with Gasteiger partial charge in [0.25, 0.3) is 5.91 Å². The van der Waals surface area contributed by atoms with Gasteiger partial charge in [0.15, 0.2) is 12.4 Å². The normalized spacial score (nSPS) is 15.6. The predicted octanol–water partition coefficient (Wildman–Crippen LogP) is 3.52. The summed E-state index contributed by atoms with van der Waals surface area (Å²) in [7, 11) is 3.18. The fraction of sp³-hybridized carbons (Fsp3) is 0.350. The number of benzene rings is 2. The van der Waals surface area contributed by atoms with E-state index in [1.807, 2.05) is 12.1 Å². The van der Waals surface area contributed by atoms with Crippen LogP contribution in [-0.4, -0.2) is 36.5 Å². The maximum atomic E-state index is 12.6. The van der Waals surface area contributed by atoms with Crippen LogP contribution < -0.4 is 9.47 Å². The maximum Gasteiger partial charge on any atom is 0.314 e.